The van der Waals surface area contributed by atoms with Gasteiger partial charge in [-0.3, -0.25) is 14.9 Å². The van der Waals surface area contributed by atoms with Gasteiger partial charge < -0.3 is 14.8 Å². The lowest BCUT2D eigenvalue weighted by Crippen LogP contribution is -2.40. The zero-order valence-corrected chi connectivity index (χ0v) is 9.93. The number of non-ortho nitro benzene ring substituents is 1. The molecular weight excluding hydrogens is 240 g/mol. The average Bonchev–Trinajstić information content (AvgIpc) is 2.62. The number of rotatable bonds is 4. The summed E-state index contributed by atoms with van der Waals surface area (Å²) in [5.41, 5.74) is -0.492. The zero-order chi connectivity index (χ0) is 13.3. The van der Waals surface area contributed by atoms with Gasteiger partial charge in [0.15, 0.2) is 5.60 Å². The second kappa shape index (κ2) is 4.35. The molecule has 96 valence electrons. The van der Waals surface area contributed by atoms with Gasteiger partial charge in [-0.05, 0) is 6.07 Å². The van der Waals surface area contributed by atoms with Crippen LogP contribution in [0.4, 0.5) is 11.4 Å². The van der Waals surface area contributed by atoms with Crippen LogP contribution < -0.4 is 5.32 Å². The second-order valence-electron chi connectivity index (χ2n) is 3.91. The Hall–Kier alpha value is -1.99. The molecule has 0 aromatic heterocycles. The Morgan fingerprint density at radius 2 is 2.17 bits per heavy atom. The van der Waals surface area contributed by atoms with Gasteiger partial charge >= 0.3 is 0 Å². The van der Waals surface area contributed by atoms with Gasteiger partial charge in [0.25, 0.3) is 11.6 Å². The van der Waals surface area contributed by atoms with Gasteiger partial charge in [-0.2, -0.15) is 0 Å². The van der Waals surface area contributed by atoms with Crippen LogP contribution in [0.25, 0.3) is 0 Å². The molecular formula is C11H12N2O5. The van der Waals surface area contributed by atoms with E-state index in [0.717, 1.165) is 0 Å². The third kappa shape index (κ3) is 1.64. The minimum Gasteiger partial charge on any atom is -0.381 e. The Morgan fingerprint density at radius 3 is 2.72 bits per heavy atom. The third-order valence-corrected chi connectivity index (χ3v) is 2.96. The number of nitrogens with one attached hydrogen (secondary N) is 1. The van der Waals surface area contributed by atoms with E-state index in [1.165, 1.54) is 32.4 Å². The lowest BCUT2D eigenvalue weighted by molar-refractivity contribution is -0.385. The Balaban J connectivity index is 2.57. The molecule has 2 rings (SSSR count). The highest BCUT2D eigenvalue weighted by atomic mass is 16.6. The van der Waals surface area contributed by atoms with E-state index < -0.39 is 10.5 Å². The van der Waals surface area contributed by atoms with Crippen molar-refractivity contribution in [2.45, 2.75) is 5.60 Å². The number of anilines is 1. The first kappa shape index (κ1) is 12.5. The predicted octanol–water partition coefficient (Wildman–Crippen LogP) is 1.03. The van der Waals surface area contributed by atoms with Crippen molar-refractivity contribution in [1.82, 2.24) is 0 Å². The van der Waals surface area contributed by atoms with Crippen molar-refractivity contribution in [2.24, 2.45) is 0 Å². The van der Waals surface area contributed by atoms with Gasteiger partial charge in [-0.1, -0.05) is 0 Å². The van der Waals surface area contributed by atoms with E-state index in [4.69, 9.17) is 9.47 Å². The van der Waals surface area contributed by atoms with Crippen molar-refractivity contribution in [1.29, 1.82) is 0 Å². The molecule has 1 aromatic carbocycles. The van der Waals surface area contributed by atoms with Gasteiger partial charge in [-0.15, -0.1) is 0 Å². The number of benzene rings is 1. The first-order valence-corrected chi connectivity index (χ1v) is 5.19. The molecule has 1 amide bonds. The van der Waals surface area contributed by atoms with E-state index in [9.17, 15) is 14.9 Å². The van der Waals surface area contributed by atoms with Crippen LogP contribution in [0.3, 0.4) is 0 Å². The van der Waals surface area contributed by atoms with Gasteiger partial charge in [-0.25, -0.2) is 0 Å². The molecule has 1 aliphatic heterocycles. The number of ether oxygens (including phenoxy) is 2. The summed E-state index contributed by atoms with van der Waals surface area (Å²) in [6, 6.07) is 4.15. The lowest BCUT2D eigenvalue weighted by atomic mass is 9.95. The molecule has 7 heteroatoms. The zero-order valence-electron chi connectivity index (χ0n) is 9.93. The van der Waals surface area contributed by atoms with Gasteiger partial charge in [0, 0.05) is 37.6 Å². The van der Waals surface area contributed by atoms with Gasteiger partial charge in [0.2, 0.25) is 0 Å². The van der Waals surface area contributed by atoms with E-state index in [-0.39, 0.29) is 18.2 Å². The smallest absolute Gasteiger partial charge is 0.269 e. The molecule has 1 atom stereocenters. The highest BCUT2D eigenvalue weighted by Gasteiger charge is 2.48. The SMILES string of the molecule is COCC1(OC)C(=O)Nc2ccc([N+](=O)[O-])cc21. The highest BCUT2D eigenvalue weighted by Crippen LogP contribution is 2.40. The number of methoxy groups -OCH3 is 2. The maximum atomic E-state index is 12.0. The van der Waals surface area contributed by atoms with Crippen molar-refractivity contribution in [3.8, 4) is 0 Å². The van der Waals surface area contributed by atoms with Crippen LogP contribution in [0.5, 0.6) is 0 Å². The van der Waals surface area contributed by atoms with E-state index in [1.807, 2.05) is 0 Å². The summed E-state index contributed by atoms with van der Waals surface area (Å²) in [6.07, 6.45) is 0. The normalized spacial score (nSPS) is 21.6. The number of carbonyl (C=O) groups excluding carboxylic acids is 1. The van der Waals surface area contributed by atoms with Crippen LogP contribution in [-0.4, -0.2) is 31.7 Å². The van der Waals surface area contributed by atoms with E-state index in [1.54, 1.807) is 0 Å². The molecule has 1 N–H and O–H groups in total. The molecule has 7 nitrogen and oxygen atoms in total. The fourth-order valence-electron chi connectivity index (χ4n) is 2.04. The lowest BCUT2D eigenvalue weighted by Gasteiger charge is -2.24. The van der Waals surface area contributed by atoms with E-state index >= 15 is 0 Å². The quantitative estimate of drug-likeness (QED) is 0.638. The molecule has 1 aliphatic rings. The number of nitro benzene ring substituents is 1. The summed E-state index contributed by atoms with van der Waals surface area (Å²) in [4.78, 5) is 22.2. The minimum atomic E-state index is -1.32. The summed E-state index contributed by atoms with van der Waals surface area (Å²) in [6.45, 7) is -0.0104. The van der Waals surface area contributed by atoms with Crippen LogP contribution >= 0.6 is 0 Å². The van der Waals surface area contributed by atoms with Crippen molar-refractivity contribution < 1.29 is 19.2 Å². The minimum absolute atomic E-state index is 0.0104. The largest absolute Gasteiger partial charge is 0.381 e. The molecule has 0 saturated heterocycles. The van der Waals surface area contributed by atoms with E-state index in [2.05, 4.69) is 5.32 Å². The first-order valence-electron chi connectivity index (χ1n) is 5.19. The Bertz CT molecular complexity index is 516. The number of hydrogen-bond donors (Lipinski definition) is 1. The number of nitrogens with zero attached hydrogens (tertiary/aromatic N) is 1. The summed E-state index contributed by atoms with van der Waals surface area (Å²) in [5, 5.41) is 13.4. The van der Waals surface area contributed by atoms with Crippen LogP contribution in [0.2, 0.25) is 0 Å². The van der Waals surface area contributed by atoms with Gasteiger partial charge in [0.1, 0.15) is 0 Å². The highest BCUT2D eigenvalue weighted by molar-refractivity contribution is 6.05. The van der Waals surface area contributed by atoms with Crippen LogP contribution in [0, 0.1) is 10.1 Å². The molecule has 0 saturated carbocycles. The fraction of sp³-hybridized carbons (Fsp3) is 0.364. The summed E-state index contributed by atoms with van der Waals surface area (Å²) in [5.74, 6) is -0.387. The molecule has 0 radical (unpaired) electrons. The summed E-state index contributed by atoms with van der Waals surface area (Å²) < 4.78 is 10.2. The van der Waals surface area contributed by atoms with Crippen LogP contribution in [-0.2, 0) is 19.9 Å². The first-order chi connectivity index (χ1) is 8.55. The van der Waals surface area contributed by atoms with Crippen molar-refractivity contribution >= 4 is 17.3 Å². The molecule has 0 spiro atoms. The summed E-state index contributed by atoms with van der Waals surface area (Å²) >= 11 is 0. The third-order valence-electron chi connectivity index (χ3n) is 2.96. The number of nitro groups is 1. The van der Waals surface area contributed by atoms with Crippen molar-refractivity contribution in [2.75, 3.05) is 26.1 Å². The predicted molar refractivity (Wildman–Crippen MR) is 62.3 cm³/mol. The molecule has 1 aromatic rings. The second-order valence-corrected chi connectivity index (χ2v) is 3.91. The number of carbonyl (C=O) groups is 1. The Labute approximate surface area is 103 Å². The van der Waals surface area contributed by atoms with E-state index in [0.29, 0.717) is 11.3 Å². The summed E-state index contributed by atoms with van der Waals surface area (Å²) in [7, 11) is 2.80. The molecule has 0 aliphatic carbocycles. The topological polar surface area (TPSA) is 90.7 Å². The Kier molecular flexibility index (Phi) is 3.02. The van der Waals surface area contributed by atoms with Crippen molar-refractivity contribution in [3.05, 3.63) is 33.9 Å². The van der Waals surface area contributed by atoms with Gasteiger partial charge in [0.05, 0.1) is 11.5 Å². The molecule has 0 fully saturated rings. The molecule has 18 heavy (non-hydrogen) atoms. The van der Waals surface area contributed by atoms with Crippen molar-refractivity contribution in [3.63, 3.8) is 0 Å². The maximum Gasteiger partial charge on any atom is 0.269 e. The fourth-order valence-corrected chi connectivity index (χ4v) is 2.04. The average molecular weight is 252 g/mol. The molecule has 0 bridgehead atoms. The monoisotopic (exact) mass is 252 g/mol. The number of hydrogen-bond acceptors (Lipinski definition) is 5. The number of fused-ring (bicyclic) bond motifs is 1. The molecule has 1 unspecified atom stereocenters. The number of amides is 1. The Morgan fingerprint density at radius 1 is 1.44 bits per heavy atom. The molecule has 1 heterocycles. The van der Waals surface area contributed by atoms with Crippen LogP contribution in [0.15, 0.2) is 18.2 Å². The standard InChI is InChI=1S/C11H12N2O5/c1-17-6-11(18-2)8-5-7(13(15)16)3-4-9(8)12-10(11)14/h3-5H,6H2,1-2H3,(H,12,14). The van der Waals surface area contributed by atoms with Crippen LogP contribution in [0.1, 0.15) is 5.56 Å². The maximum absolute atomic E-state index is 12.0.